The molecule has 1 heterocycles. The first kappa shape index (κ1) is 27.7. The van der Waals surface area contributed by atoms with Crippen LogP contribution >= 0.6 is 0 Å². The van der Waals surface area contributed by atoms with Crippen molar-refractivity contribution in [3.63, 3.8) is 0 Å². The van der Waals surface area contributed by atoms with Crippen LogP contribution in [0.4, 0.5) is 0 Å². The number of carboxylic acids is 1. The van der Waals surface area contributed by atoms with Gasteiger partial charge < -0.3 is 15.2 Å². The van der Waals surface area contributed by atoms with E-state index in [-0.39, 0.29) is 11.3 Å². The van der Waals surface area contributed by atoms with Crippen molar-refractivity contribution in [3.8, 4) is 17.0 Å². The van der Waals surface area contributed by atoms with Gasteiger partial charge in [0.15, 0.2) is 0 Å². The van der Waals surface area contributed by atoms with E-state index in [0.29, 0.717) is 37.4 Å². The van der Waals surface area contributed by atoms with Crippen molar-refractivity contribution in [2.75, 3.05) is 0 Å². The van der Waals surface area contributed by atoms with Crippen molar-refractivity contribution in [1.82, 2.24) is 15.1 Å². The van der Waals surface area contributed by atoms with Crippen LogP contribution in [-0.4, -0.2) is 32.4 Å². The highest BCUT2D eigenvalue weighted by Gasteiger charge is 2.34. The molecule has 0 saturated heterocycles. The van der Waals surface area contributed by atoms with Gasteiger partial charge in [0.2, 0.25) is 5.60 Å². The van der Waals surface area contributed by atoms with Crippen LogP contribution in [0.15, 0.2) is 67.3 Å². The summed E-state index contributed by atoms with van der Waals surface area (Å²) in [6, 6.07) is 17.1. The molecule has 0 radical (unpaired) electrons. The third-order valence-corrected chi connectivity index (χ3v) is 6.26. The van der Waals surface area contributed by atoms with Gasteiger partial charge in [-0.1, -0.05) is 76.6 Å². The van der Waals surface area contributed by atoms with Gasteiger partial charge in [-0.05, 0) is 48.1 Å². The molecular formula is C30H37N3O4. The molecule has 0 spiro atoms. The molecule has 1 unspecified atom stereocenters. The Balaban J connectivity index is 1.71. The second-order valence-corrected chi connectivity index (χ2v) is 10.4. The monoisotopic (exact) mass is 503 g/mol. The van der Waals surface area contributed by atoms with Gasteiger partial charge in [0.05, 0.1) is 12.2 Å². The molecule has 7 heteroatoms. The predicted molar refractivity (Wildman–Crippen MR) is 146 cm³/mol. The number of allylic oxidation sites excluding steroid dienone is 1. The Labute approximate surface area is 219 Å². The highest BCUT2D eigenvalue weighted by Crippen LogP contribution is 2.27. The lowest BCUT2D eigenvalue weighted by Gasteiger charge is -2.26. The number of carbonyl (C=O) groups is 2. The molecule has 0 aliphatic heterocycles. The second kappa shape index (κ2) is 11.5. The minimum atomic E-state index is -1.28. The van der Waals surface area contributed by atoms with Gasteiger partial charge in [0.25, 0.3) is 5.91 Å². The molecule has 196 valence electrons. The quantitative estimate of drug-likeness (QED) is 0.314. The smallest absolute Gasteiger partial charge is 0.347 e. The number of amides is 1. The van der Waals surface area contributed by atoms with Crippen molar-refractivity contribution in [3.05, 3.63) is 84.1 Å². The third-order valence-electron chi connectivity index (χ3n) is 6.26. The van der Waals surface area contributed by atoms with E-state index in [1.165, 1.54) is 5.56 Å². The fourth-order valence-corrected chi connectivity index (χ4v) is 4.03. The zero-order valence-corrected chi connectivity index (χ0v) is 22.4. The molecule has 37 heavy (non-hydrogen) atoms. The number of nitrogens with zero attached hydrogens (tertiary/aromatic N) is 2. The first-order valence-corrected chi connectivity index (χ1v) is 12.6. The van der Waals surface area contributed by atoms with Crippen LogP contribution in [0.25, 0.3) is 11.3 Å². The van der Waals surface area contributed by atoms with E-state index in [0.717, 1.165) is 16.8 Å². The minimum absolute atomic E-state index is 0.0571. The van der Waals surface area contributed by atoms with Crippen LogP contribution in [-0.2, 0) is 23.3 Å². The summed E-state index contributed by atoms with van der Waals surface area (Å²) in [6.07, 6.45) is 2.80. The van der Waals surface area contributed by atoms with Gasteiger partial charge in [0.1, 0.15) is 11.4 Å². The highest BCUT2D eigenvalue weighted by atomic mass is 16.5. The molecule has 0 saturated carbocycles. The number of carboxylic acid groups (broad SMARTS) is 1. The molecule has 2 N–H and O–H groups in total. The Morgan fingerprint density at radius 3 is 2.27 bits per heavy atom. The summed E-state index contributed by atoms with van der Waals surface area (Å²) < 4.78 is 7.40. The van der Waals surface area contributed by atoms with Gasteiger partial charge in [-0.15, -0.1) is 6.58 Å². The first-order chi connectivity index (χ1) is 17.5. The van der Waals surface area contributed by atoms with Crippen LogP contribution in [0.1, 0.15) is 69.1 Å². The van der Waals surface area contributed by atoms with Crippen LogP contribution in [0.3, 0.4) is 0 Å². The van der Waals surface area contributed by atoms with Gasteiger partial charge in [-0.25, -0.2) is 4.79 Å². The van der Waals surface area contributed by atoms with Crippen LogP contribution < -0.4 is 10.1 Å². The summed E-state index contributed by atoms with van der Waals surface area (Å²) in [5.41, 5.74) is 2.99. The van der Waals surface area contributed by atoms with E-state index >= 15 is 0 Å². The maximum Gasteiger partial charge on any atom is 0.347 e. The molecule has 3 aromatic rings. The molecule has 0 fully saturated rings. The number of hydrogen-bond acceptors (Lipinski definition) is 4. The summed E-state index contributed by atoms with van der Waals surface area (Å²) in [6.45, 7) is 14.5. The van der Waals surface area contributed by atoms with Crippen molar-refractivity contribution in [1.29, 1.82) is 0 Å². The Morgan fingerprint density at radius 2 is 1.73 bits per heavy atom. The molecule has 7 nitrogen and oxygen atoms in total. The van der Waals surface area contributed by atoms with E-state index in [1.54, 1.807) is 35.9 Å². The minimum Gasteiger partial charge on any atom is -0.478 e. The van der Waals surface area contributed by atoms with Crippen LogP contribution in [0.5, 0.6) is 5.75 Å². The second-order valence-electron chi connectivity index (χ2n) is 10.4. The molecular weight excluding hydrogens is 466 g/mol. The maximum absolute atomic E-state index is 13.0. The average Bonchev–Trinajstić information content (AvgIpc) is 3.27. The van der Waals surface area contributed by atoms with Crippen molar-refractivity contribution in [2.45, 2.75) is 71.6 Å². The van der Waals surface area contributed by atoms with Crippen molar-refractivity contribution >= 4 is 11.9 Å². The largest absolute Gasteiger partial charge is 0.478 e. The Bertz CT molecular complexity index is 1240. The van der Waals surface area contributed by atoms with Gasteiger partial charge in [0, 0.05) is 12.1 Å². The number of ether oxygens (including phenoxy) is 1. The van der Waals surface area contributed by atoms with Crippen LogP contribution in [0.2, 0.25) is 0 Å². The summed E-state index contributed by atoms with van der Waals surface area (Å²) in [5, 5.41) is 17.1. The summed E-state index contributed by atoms with van der Waals surface area (Å²) in [4.78, 5) is 24.7. The lowest BCUT2D eigenvalue weighted by Crippen LogP contribution is -2.41. The predicted octanol–water partition coefficient (Wildman–Crippen LogP) is 5.99. The molecule has 0 bridgehead atoms. The molecule has 2 aromatic carbocycles. The average molecular weight is 504 g/mol. The Morgan fingerprint density at radius 1 is 1.08 bits per heavy atom. The van der Waals surface area contributed by atoms with E-state index in [2.05, 4.69) is 49.9 Å². The fraction of sp³-hybridized carbons (Fsp3) is 0.367. The molecule has 1 atom stereocenters. The number of aliphatic carboxylic acids is 1. The third kappa shape index (κ3) is 6.88. The van der Waals surface area contributed by atoms with Gasteiger partial charge >= 0.3 is 5.97 Å². The SMILES string of the molecule is C=CCn1nc(-c2ccc(C(C)(C)C)cc2)cc1C(=O)NCc1ccc(OC(C)(CCC)C(=O)O)cc1. The summed E-state index contributed by atoms with van der Waals surface area (Å²) >= 11 is 0. The van der Waals surface area contributed by atoms with E-state index in [9.17, 15) is 14.7 Å². The first-order valence-electron chi connectivity index (χ1n) is 12.6. The lowest BCUT2D eigenvalue weighted by molar-refractivity contribution is -0.154. The summed E-state index contributed by atoms with van der Waals surface area (Å²) in [5.74, 6) is -0.764. The fourth-order valence-electron chi connectivity index (χ4n) is 4.03. The Hall–Kier alpha value is -3.87. The number of hydrogen-bond donors (Lipinski definition) is 2. The van der Waals surface area contributed by atoms with Gasteiger partial charge in [-0.2, -0.15) is 5.10 Å². The lowest BCUT2D eigenvalue weighted by atomic mass is 9.86. The molecule has 0 aliphatic rings. The highest BCUT2D eigenvalue weighted by molar-refractivity contribution is 5.93. The molecule has 1 aromatic heterocycles. The number of aromatic nitrogens is 2. The summed E-state index contributed by atoms with van der Waals surface area (Å²) in [7, 11) is 0. The van der Waals surface area contributed by atoms with E-state index in [1.807, 2.05) is 31.2 Å². The number of rotatable bonds is 11. The van der Waals surface area contributed by atoms with E-state index < -0.39 is 11.6 Å². The zero-order chi connectivity index (χ0) is 27.2. The number of nitrogens with one attached hydrogen (secondary N) is 1. The number of carbonyl (C=O) groups excluding carboxylic acids is 1. The number of benzene rings is 2. The topological polar surface area (TPSA) is 93.5 Å². The van der Waals surface area contributed by atoms with Crippen molar-refractivity contribution < 1.29 is 19.4 Å². The zero-order valence-electron chi connectivity index (χ0n) is 22.4. The molecule has 3 rings (SSSR count). The maximum atomic E-state index is 13.0. The van der Waals surface area contributed by atoms with Crippen LogP contribution in [0, 0.1) is 0 Å². The van der Waals surface area contributed by atoms with Crippen molar-refractivity contribution in [2.24, 2.45) is 0 Å². The molecule has 1 amide bonds. The van der Waals surface area contributed by atoms with E-state index in [4.69, 9.17) is 4.74 Å². The standard InChI is InChI=1S/C30H37N3O4/c1-7-17-30(6,28(35)36)37-24-15-9-21(10-16-24)20-31-27(34)26-19-25(32-33(26)18-8-2)22-11-13-23(14-12-22)29(3,4)5/h8-16,19H,2,7,17-18,20H2,1,3-6H3,(H,31,34)(H,35,36). The van der Waals surface area contributed by atoms with Gasteiger partial charge in [-0.3, -0.25) is 9.48 Å². The Kier molecular flexibility index (Phi) is 8.58. The molecule has 0 aliphatic carbocycles. The normalized spacial score (nSPS) is 13.0.